The molecular weight excluding hydrogens is 172 g/mol. The summed E-state index contributed by atoms with van der Waals surface area (Å²) in [4.78, 5) is 0. The fourth-order valence-corrected chi connectivity index (χ4v) is 2.67. The summed E-state index contributed by atoms with van der Waals surface area (Å²) < 4.78 is 22.7. The average molecular weight is 190 g/mol. The second-order valence-corrected chi connectivity index (χ2v) is 7.48. The molecule has 0 atom stereocenters. The van der Waals surface area contributed by atoms with Gasteiger partial charge in [-0.25, -0.2) is 8.42 Å². The fourth-order valence-electron chi connectivity index (χ4n) is 1.22. The van der Waals surface area contributed by atoms with E-state index >= 15 is 0 Å². The van der Waals surface area contributed by atoms with E-state index in [2.05, 4.69) is 0 Å². The zero-order chi connectivity index (χ0) is 9.41. The molecule has 12 heavy (non-hydrogen) atoms. The minimum atomic E-state index is -2.86. The van der Waals surface area contributed by atoms with Gasteiger partial charge in [-0.05, 0) is 39.5 Å². The summed E-state index contributed by atoms with van der Waals surface area (Å²) in [5.74, 6) is 0.852. The van der Waals surface area contributed by atoms with Gasteiger partial charge in [0.15, 0.2) is 9.84 Å². The number of hydrogen-bond donors (Lipinski definition) is 0. The first-order valence-electron chi connectivity index (χ1n) is 4.55. The molecule has 0 heterocycles. The molecule has 72 valence electrons. The molecule has 0 bridgehead atoms. The molecule has 0 aromatic rings. The van der Waals surface area contributed by atoms with Crippen LogP contribution in [0.25, 0.3) is 0 Å². The molecular formula is C9H18O2S. The van der Waals surface area contributed by atoms with Crippen molar-refractivity contribution in [2.45, 2.75) is 44.8 Å². The van der Waals surface area contributed by atoms with Crippen LogP contribution in [-0.4, -0.2) is 18.9 Å². The molecule has 1 saturated carbocycles. The Hall–Kier alpha value is -0.0500. The Kier molecular flexibility index (Phi) is 2.52. The Bertz CT molecular complexity index is 242. The van der Waals surface area contributed by atoms with Crippen molar-refractivity contribution in [2.75, 3.05) is 5.75 Å². The Morgan fingerprint density at radius 3 is 2.00 bits per heavy atom. The van der Waals surface area contributed by atoms with Gasteiger partial charge in [-0.15, -0.1) is 0 Å². The van der Waals surface area contributed by atoms with E-state index in [0.29, 0.717) is 11.7 Å². The Morgan fingerprint density at radius 2 is 1.75 bits per heavy atom. The van der Waals surface area contributed by atoms with Crippen molar-refractivity contribution in [3.05, 3.63) is 0 Å². The van der Waals surface area contributed by atoms with E-state index in [4.69, 9.17) is 0 Å². The minimum absolute atomic E-state index is 0.399. The van der Waals surface area contributed by atoms with Crippen LogP contribution in [0.4, 0.5) is 0 Å². The molecule has 0 saturated heterocycles. The van der Waals surface area contributed by atoms with E-state index in [1.807, 2.05) is 0 Å². The maximum atomic E-state index is 11.7. The largest absolute Gasteiger partial charge is 0.228 e. The van der Waals surface area contributed by atoms with Crippen molar-refractivity contribution in [1.29, 1.82) is 0 Å². The summed E-state index contributed by atoms with van der Waals surface area (Å²) in [5, 5.41) is 0. The smallest absolute Gasteiger partial charge is 0.155 e. The molecule has 0 spiro atoms. The highest BCUT2D eigenvalue weighted by Crippen LogP contribution is 2.30. The molecule has 1 aliphatic rings. The van der Waals surface area contributed by atoms with Gasteiger partial charge in [0.1, 0.15) is 0 Å². The molecule has 1 aliphatic carbocycles. The Labute approximate surface area is 75.3 Å². The highest BCUT2D eigenvalue weighted by molar-refractivity contribution is 7.92. The lowest BCUT2D eigenvalue weighted by molar-refractivity contribution is 0.345. The molecule has 0 radical (unpaired) electrons. The van der Waals surface area contributed by atoms with Crippen LogP contribution in [0.15, 0.2) is 0 Å². The predicted molar refractivity (Wildman–Crippen MR) is 50.9 cm³/mol. The second kappa shape index (κ2) is 3.02. The van der Waals surface area contributed by atoms with Crippen molar-refractivity contribution < 1.29 is 8.42 Å². The third-order valence-electron chi connectivity index (χ3n) is 2.61. The lowest BCUT2D eigenvalue weighted by Crippen LogP contribution is -2.35. The summed E-state index contributed by atoms with van der Waals surface area (Å²) in [6.07, 6.45) is 3.43. The van der Waals surface area contributed by atoms with Crippen molar-refractivity contribution in [2.24, 2.45) is 5.92 Å². The van der Waals surface area contributed by atoms with Crippen LogP contribution in [0.1, 0.15) is 40.0 Å². The number of sulfone groups is 1. The van der Waals surface area contributed by atoms with Crippen LogP contribution in [0, 0.1) is 5.92 Å². The van der Waals surface area contributed by atoms with E-state index in [1.165, 1.54) is 6.42 Å². The minimum Gasteiger partial charge on any atom is -0.228 e. The zero-order valence-corrected chi connectivity index (χ0v) is 8.95. The lowest BCUT2D eigenvalue weighted by Gasteiger charge is -2.28. The molecule has 1 rings (SSSR count). The van der Waals surface area contributed by atoms with E-state index in [-0.39, 0.29) is 0 Å². The van der Waals surface area contributed by atoms with Crippen molar-refractivity contribution in [1.82, 2.24) is 0 Å². The Morgan fingerprint density at radius 1 is 1.25 bits per heavy atom. The van der Waals surface area contributed by atoms with Gasteiger partial charge in [-0.2, -0.15) is 0 Å². The van der Waals surface area contributed by atoms with Crippen LogP contribution in [0.2, 0.25) is 0 Å². The standard InChI is InChI=1S/C9H18O2S/c1-9(2,3)12(10,11)7-8-5-4-6-8/h8H,4-7H2,1-3H3. The van der Waals surface area contributed by atoms with E-state index in [1.54, 1.807) is 20.8 Å². The Balaban J connectivity index is 2.60. The van der Waals surface area contributed by atoms with Gasteiger partial charge in [-0.1, -0.05) is 6.42 Å². The maximum absolute atomic E-state index is 11.7. The molecule has 0 unspecified atom stereocenters. The van der Waals surface area contributed by atoms with Gasteiger partial charge < -0.3 is 0 Å². The summed E-state index contributed by atoms with van der Waals surface area (Å²) in [5.41, 5.74) is 0. The van der Waals surface area contributed by atoms with Crippen LogP contribution in [-0.2, 0) is 9.84 Å². The van der Waals surface area contributed by atoms with Crippen LogP contribution in [0.5, 0.6) is 0 Å². The molecule has 0 aliphatic heterocycles. The molecule has 0 aromatic heterocycles. The first-order chi connectivity index (χ1) is 5.33. The normalized spacial score (nSPS) is 20.6. The highest BCUT2D eigenvalue weighted by Gasteiger charge is 2.33. The average Bonchev–Trinajstić information content (AvgIpc) is 1.76. The first kappa shape index (κ1) is 10.0. The van der Waals surface area contributed by atoms with Crippen LogP contribution >= 0.6 is 0 Å². The third kappa shape index (κ3) is 2.00. The zero-order valence-electron chi connectivity index (χ0n) is 8.13. The van der Waals surface area contributed by atoms with Gasteiger partial charge in [0, 0.05) is 0 Å². The highest BCUT2D eigenvalue weighted by atomic mass is 32.2. The molecule has 0 amide bonds. The monoisotopic (exact) mass is 190 g/mol. The quantitative estimate of drug-likeness (QED) is 0.667. The van der Waals surface area contributed by atoms with E-state index in [0.717, 1.165) is 12.8 Å². The number of hydrogen-bond acceptors (Lipinski definition) is 2. The van der Waals surface area contributed by atoms with Crippen molar-refractivity contribution >= 4 is 9.84 Å². The molecule has 1 fully saturated rings. The third-order valence-corrected chi connectivity index (χ3v) is 5.39. The fraction of sp³-hybridized carbons (Fsp3) is 1.00. The summed E-state index contributed by atoms with van der Waals surface area (Å²) in [6, 6.07) is 0. The number of rotatable bonds is 2. The van der Waals surface area contributed by atoms with E-state index < -0.39 is 14.6 Å². The topological polar surface area (TPSA) is 34.1 Å². The van der Waals surface area contributed by atoms with Crippen molar-refractivity contribution in [3.63, 3.8) is 0 Å². The molecule has 2 nitrogen and oxygen atoms in total. The predicted octanol–water partition coefficient (Wildman–Crippen LogP) is 2.00. The van der Waals surface area contributed by atoms with Crippen LogP contribution in [0.3, 0.4) is 0 Å². The molecule has 0 N–H and O–H groups in total. The van der Waals surface area contributed by atoms with Crippen molar-refractivity contribution in [3.8, 4) is 0 Å². The summed E-state index contributed by atoms with van der Waals surface area (Å²) in [7, 11) is -2.86. The van der Waals surface area contributed by atoms with Crippen LogP contribution < -0.4 is 0 Å². The summed E-state index contributed by atoms with van der Waals surface area (Å²) >= 11 is 0. The molecule has 0 aromatic carbocycles. The van der Waals surface area contributed by atoms with E-state index in [9.17, 15) is 8.42 Å². The van der Waals surface area contributed by atoms with Gasteiger partial charge in [0.25, 0.3) is 0 Å². The van der Waals surface area contributed by atoms with Gasteiger partial charge in [0.2, 0.25) is 0 Å². The maximum Gasteiger partial charge on any atom is 0.155 e. The second-order valence-electron chi connectivity index (χ2n) is 4.69. The van der Waals surface area contributed by atoms with Gasteiger partial charge in [0.05, 0.1) is 10.5 Å². The van der Waals surface area contributed by atoms with Gasteiger partial charge in [-0.3, -0.25) is 0 Å². The molecule has 3 heteroatoms. The van der Waals surface area contributed by atoms with Gasteiger partial charge >= 0.3 is 0 Å². The summed E-state index contributed by atoms with van der Waals surface area (Å²) in [6.45, 7) is 5.34. The lowest BCUT2D eigenvalue weighted by atomic mass is 9.87. The first-order valence-corrected chi connectivity index (χ1v) is 6.20. The SMILES string of the molecule is CC(C)(C)S(=O)(=O)CC1CCC1.